The van der Waals surface area contributed by atoms with E-state index in [-0.39, 0.29) is 22.9 Å². The zero-order valence-electron chi connectivity index (χ0n) is 17.5. The monoisotopic (exact) mass is 475 g/mol. The van der Waals surface area contributed by atoms with Crippen LogP contribution in [0.25, 0.3) is 10.6 Å². The summed E-state index contributed by atoms with van der Waals surface area (Å²) in [6.07, 6.45) is 1.08. The summed E-state index contributed by atoms with van der Waals surface area (Å²) in [5, 5.41) is 22.6. The van der Waals surface area contributed by atoms with Crippen LogP contribution in [-0.2, 0) is 14.8 Å². The topological polar surface area (TPSA) is 135 Å². The molecule has 168 valence electrons. The number of anilines is 2. The highest BCUT2D eigenvalue weighted by Gasteiger charge is 2.32. The van der Waals surface area contributed by atoms with Gasteiger partial charge >= 0.3 is 0 Å². The third kappa shape index (κ3) is 5.26. The second-order valence-corrected chi connectivity index (χ2v) is 9.86. The highest BCUT2D eigenvalue weighted by Crippen LogP contribution is 2.29. The Hall–Kier alpha value is -3.38. The van der Waals surface area contributed by atoms with E-state index >= 15 is 0 Å². The van der Waals surface area contributed by atoms with Crippen LogP contribution in [0.15, 0.2) is 48.5 Å². The van der Waals surface area contributed by atoms with Crippen molar-refractivity contribution in [3.63, 3.8) is 0 Å². The number of nitrogens with zero attached hydrogens (tertiary/aromatic N) is 4. The predicted molar refractivity (Wildman–Crippen MR) is 123 cm³/mol. The molecular formula is C20H21N5O5S2. The summed E-state index contributed by atoms with van der Waals surface area (Å²) < 4.78 is 26.0. The fraction of sp³-hybridized carbons (Fsp3) is 0.250. The maximum atomic E-state index is 13.0. The molecule has 12 heteroatoms. The first-order valence-corrected chi connectivity index (χ1v) is 12.2. The molecule has 1 unspecified atom stereocenters. The van der Waals surface area contributed by atoms with Crippen LogP contribution in [-0.4, -0.2) is 41.7 Å². The van der Waals surface area contributed by atoms with E-state index < -0.39 is 26.9 Å². The number of nitrogens with one attached hydrogen (secondary N) is 1. The molecule has 1 amide bonds. The number of aryl methyl sites for hydroxylation is 1. The van der Waals surface area contributed by atoms with Gasteiger partial charge < -0.3 is 0 Å². The van der Waals surface area contributed by atoms with Crippen molar-refractivity contribution in [3.8, 4) is 10.6 Å². The normalized spacial score (nSPS) is 12.2. The molecule has 0 saturated carbocycles. The molecule has 2 aromatic carbocycles. The Morgan fingerprint density at radius 1 is 1.22 bits per heavy atom. The van der Waals surface area contributed by atoms with Crippen molar-refractivity contribution < 1.29 is 18.1 Å². The number of rotatable bonds is 8. The molecule has 0 spiro atoms. The highest BCUT2D eigenvalue weighted by atomic mass is 32.2. The number of benzene rings is 2. The van der Waals surface area contributed by atoms with Crippen molar-refractivity contribution in [1.82, 2.24) is 10.2 Å². The lowest BCUT2D eigenvalue weighted by molar-refractivity contribution is -0.384. The summed E-state index contributed by atoms with van der Waals surface area (Å²) in [4.78, 5) is 23.5. The number of hydrogen-bond donors (Lipinski definition) is 1. The van der Waals surface area contributed by atoms with Crippen molar-refractivity contribution >= 4 is 43.8 Å². The van der Waals surface area contributed by atoms with Crippen LogP contribution in [0.4, 0.5) is 16.5 Å². The van der Waals surface area contributed by atoms with Gasteiger partial charge in [-0.3, -0.25) is 24.5 Å². The standard InChI is InChI=1S/C20H21N5O5S2/c1-4-17(24(32(3,29)30)15-6-5-7-16(12-15)25(27)28)18(26)21-20-23-22-19(31-20)14-10-8-13(2)9-11-14/h5-12,17H,4H2,1-3H3,(H,21,23,26). The van der Waals surface area contributed by atoms with Gasteiger partial charge in [-0.2, -0.15) is 0 Å². The Labute approximate surface area is 189 Å². The first-order valence-electron chi connectivity index (χ1n) is 9.55. The molecule has 1 aromatic heterocycles. The molecule has 1 heterocycles. The fourth-order valence-corrected chi connectivity index (χ4v) is 5.03. The van der Waals surface area contributed by atoms with Crippen molar-refractivity contribution in [3.05, 3.63) is 64.2 Å². The molecule has 3 rings (SSSR count). The molecule has 0 aliphatic rings. The van der Waals surface area contributed by atoms with Gasteiger partial charge in [-0.1, -0.05) is 54.2 Å². The van der Waals surface area contributed by atoms with E-state index in [1.54, 1.807) is 6.92 Å². The van der Waals surface area contributed by atoms with Crippen molar-refractivity contribution in [2.24, 2.45) is 0 Å². The minimum absolute atomic E-state index is 0.0290. The number of aromatic nitrogens is 2. The summed E-state index contributed by atoms with van der Waals surface area (Å²) in [5.41, 5.74) is 1.69. The van der Waals surface area contributed by atoms with Gasteiger partial charge in [-0.25, -0.2) is 8.42 Å². The summed E-state index contributed by atoms with van der Waals surface area (Å²) in [5.74, 6) is -0.615. The summed E-state index contributed by atoms with van der Waals surface area (Å²) in [6.45, 7) is 3.62. The van der Waals surface area contributed by atoms with Crippen molar-refractivity contribution in [1.29, 1.82) is 0 Å². The number of sulfonamides is 1. The summed E-state index contributed by atoms with van der Waals surface area (Å²) in [7, 11) is -3.93. The van der Waals surface area contributed by atoms with Gasteiger partial charge in [0.1, 0.15) is 11.0 Å². The lowest BCUT2D eigenvalue weighted by Crippen LogP contribution is -2.47. The molecule has 0 bridgehead atoms. The van der Waals surface area contributed by atoms with Crippen LogP contribution in [0.2, 0.25) is 0 Å². The Balaban J connectivity index is 1.88. The lowest BCUT2D eigenvalue weighted by atomic mass is 10.2. The SMILES string of the molecule is CCC(C(=O)Nc1nnc(-c2ccc(C)cc2)s1)N(c1cccc([N+](=O)[O-])c1)S(C)(=O)=O. The van der Waals surface area contributed by atoms with Crippen LogP contribution in [0, 0.1) is 17.0 Å². The van der Waals surface area contributed by atoms with E-state index in [2.05, 4.69) is 15.5 Å². The van der Waals surface area contributed by atoms with E-state index in [9.17, 15) is 23.3 Å². The van der Waals surface area contributed by atoms with Crippen LogP contribution >= 0.6 is 11.3 Å². The average molecular weight is 476 g/mol. The maximum absolute atomic E-state index is 13.0. The van der Waals surface area contributed by atoms with Crippen LogP contribution in [0.5, 0.6) is 0 Å². The van der Waals surface area contributed by atoms with Gasteiger partial charge in [-0.05, 0) is 19.4 Å². The molecule has 0 aliphatic heterocycles. The van der Waals surface area contributed by atoms with E-state index in [0.717, 1.165) is 39.1 Å². The lowest BCUT2D eigenvalue weighted by Gasteiger charge is -2.29. The smallest absolute Gasteiger partial charge is 0.271 e. The number of nitro benzene ring substituents is 1. The number of carbonyl (C=O) groups excluding carboxylic acids is 1. The first-order chi connectivity index (χ1) is 15.1. The van der Waals surface area contributed by atoms with Gasteiger partial charge in [0.05, 0.1) is 16.9 Å². The number of hydrogen-bond acceptors (Lipinski definition) is 8. The Morgan fingerprint density at radius 2 is 1.91 bits per heavy atom. The van der Waals surface area contributed by atoms with E-state index in [4.69, 9.17) is 0 Å². The van der Waals surface area contributed by atoms with E-state index in [1.165, 1.54) is 18.2 Å². The minimum atomic E-state index is -3.93. The Bertz CT molecular complexity index is 1240. The molecule has 1 N–H and O–H groups in total. The highest BCUT2D eigenvalue weighted by molar-refractivity contribution is 7.92. The van der Waals surface area contributed by atoms with Crippen molar-refractivity contribution in [2.45, 2.75) is 26.3 Å². The summed E-state index contributed by atoms with van der Waals surface area (Å²) in [6, 6.07) is 11.7. The number of nitro groups is 1. The van der Waals surface area contributed by atoms with Gasteiger partial charge in [0.15, 0.2) is 0 Å². The average Bonchev–Trinajstić information content (AvgIpc) is 3.19. The van der Waals surface area contributed by atoms with Crippen LogP contribution in [0.1, 0.15) is 18.9 Å². The van der Waals surface area contributed by atoms with Crippen molar-refractivity contribution in [2.75, 3.05) is 15.9 Å². The molecular weight excluding hydrogens is 454 g/mol. The van der Waals surface area contributed by atoms with E-state index in [1.807, 2.05) is 31.2 Å². The van der Waals surface area contributed by atoms with Gasteiger partial charge in [0, 0.05) is 17.7 Å². The molecule has 0 saturated heterocycles. The van der Waals surface area contributed by atoms with Crippen LogP contribution < -0.4 is 9.62 Å². The second kappa shape index (κ2) is 9.40. The fourth-order valence-electron chi connectivity index (χ4n) is 3.08. The van der Waals surface area contributed by atoms with Gasteiger partial charge in [-0.15, -0.1) is 10.2 Å². The molecule has 10 nitrogen and oxygen atoms in total. The maximum Gasteiger partial charge on any atom is 0.271 e. The Kier molecular flexibility index (Phi) is 6.84. The third-order valence-electron chi connectivity index (χ3n) is 4.58. The molecule has 0 aliphatic carbocycles. The molecule has 32 heavy (non-hydrogen) atoms. The zero-order chi connectivity index (χ0) is 23.5. The number of carbonyl (C=O) groups is 1. The molecule has 0 fully saturated rings. The molecule has 0 radical (unpaired) electrons. The number of amides is 1. The molecule has 1 atom stereocenters. The first kappa shape index (κ1) is 23.3. The van der Waals surface area contributed by atoms with E-state index in [0.29, 0.717) is 5.01 Å². The summed E-state index contributed by atoms with van der Waals surface area (Å²) >= 11 is 1.16. The zero-order valence-corrected chi connectivity index (χ0v) is 19.2. The van der Waals surface area contributed by atoms with Gasteiger partial charge in [0.2, 0.25) is 21.1 Å². The second-order valence-electron chi connectivity index (χ2n) is 7.03. The van der Waals surface area contributed by atoms with Crippen LogP contribution in [0.3, 0.4) is 0 Å². The third-order valence-corrected chi connectivity index (χ3v) is 6.65. The van der Waals surface area contributed by atoms with Gasteiger partial charge in [0.25, 0.3) is 5.69 Å². The quantitative estimate of drug-likeness (QED) is 0.388. The minimum Gasteiger partial charge on any atom is -0.299 e. The predicted octanol–water partition coefficient (Wildman–Crippen LogP) is 3.61. The molecule has 3 aromatic rings. The largest absolute Gasteiger partial charge is 0.299 e. The number of non-ortho nitro benzene ring substituents is 1. The Morgan fingerprint density at radius 3 is 2.50 bits per heavy atom.